The lowest BCUT2D eigenvalue weighted by atomic mass is 10.0. The van der Waals surface area contributed by atoms with Gasteiger partial charge in [0.2, 0.25) is 5.91 Å². The molecule has 27 heteroatoms. The zero-order valence-corrected chi connectivity index (χ0v) is 47.3. The van der Waals surface area contributed by atoms with Crippen molar-refractivity contribution in [2.75, 3.05) is 67.2 Å². The van der Waals surface area contributed by atoms with E-state index in [4.69, 9.17) is 92.1 Å². The summed E-state index contributed by atoms with van der Waals surface area (Å²) in [6, 6.07) is 19.6. The molecule has 2 amide bonds. The summed E-state index contributed by atoms with van der Waals surface area (Å²) < 4.78 is 69.0. The number of alkyl halides is 6. The van der Waals surface area contributed by atoms with E-state index >= 15 is 0 Å². The van der Waals surface area contributed by atoms with Crippen LogP contribution < -0.4 is 29.5 Å². The second-order valence-electron chi connectivity index (χ2n) is 15.8. The number of hydrogen-bond donors (Lipinski definition) is 4. The number of rotatable bonds is 16. The van der Waals surface area contributed by atoms with Crippen LogP contribution in [0.3, 0.4) is 0 Å². The van der Waals surface area contributed by atoms with Crippen molar-refractivity contribution in [2.45, 2.75) is 64.2 Å². The maximum absolute atomic E-state index is 12.7. The molecular formula is C48H58Cl5F3N3O14PS. The molecule has 75 heavy (non-hydrogen) atoms. The number of nitrogens with one attached hydrogen (secondary N) is 1. The number of esters is 1. The van der Waals surface area contributed by atoms with Crippen molar-refractivity contribution in [1.29, 1.82) is 0 Å². The Hall–Kier alpha value is -4.51. The molecule has 0 aromatic heterocycles. The van der Waals surface area contributed by atoms with E-state index < -0.39 is 61.0 Å². The number of nitrogens with zero attached hydrogens (tertiary/aromatic N) is 2. The van der Waals surface area contributed by atoms with Crippen molar-refractivity contribution in [3.63, 3.8) is 0 Å². The summed E-state index contributed by atoms with van der Waals surface area (Å²) in [5, 5.41) is 18.4. The van der Waals surface area contributed by atoms with E-state index in [1.165, 1.54) is 12.1 Å². The minimum atomic E-state index is -4.56. The molecule has 0 aliphatic carbocycles. The van der Waals surface area contributed by atoms with Gasteiger partial charge in [0, 0.05) is 6.61 Å². The number of aryl methyl sites for hydroxylation is 2. The molecule has 4 aromatic rings. The van der Waals surface area contributed by atoms with Crippen LogP contribution in [0.2, 0.25) is 10.0 Å². The highest BCUT2D eigenvalue weighted by molar-refractivity contribution is 7.94. The highest BCUT2D eigenvalue weighted by atomic mass is 35.5. The Labute approximate surface area is 460 Å². The highest BCUT2D eigenvalue weighted by Gasteiger charge is 2.33. The maximum Gasteiger partial charge on any atom is 0.416 e. The van der Waals surface area contributed by atoms with Gasteiger partial charge < -0.3 is 48.4 Å². The van der Waals surface area contributed by atoms with E-state index in [-0.39, 0.29) is 57.6 Å². The third kappa shape index (κ3) is 25.0. The van der Waals surface area contributed by atoms with E-state index in [0.717, 1.165) is 54.0 Å². The topological polar surface area (TPSA) is 242 Å². The van der Waals surface area contributed by atoms with Gasteiger partial charge in [-0.3, -0.25) is 24.6 Å². The predicted molar refractivity (Wildman–Crippen MR) is 286 cm³/mol. The van der Waals surface area contributed by atoms with Crippen LogP contribution in [0.5, 0.6) is 17.2 Å². The van der Waals surface area contributed by atoms with Gasteiger partial charge in [-0.2, -0.15) is 13.2 Å². The van der Waals surface area contributed by atoms with Crippen molar-refractivity contribution in [3.05, 3.63) is 111 Å². The van der Waals surface area contributed by atoms with Crippen molar-refractivity contribution in [1.82, 2.24) is 5.32 Å². The average Bonchev–Trinajstić information content (AvgIpc) is 3.32. The van der Waals surface area contributed by atoms with Crippen LogP contribution in [-0.4, -0.2) is 119 Å². The third-order valence-electron chi connectivity index (χ3n) is 9.15. The lowest BCUT2D eigenvalue weighted by Gasteiger charge is -2.35. The van der Waals surface area contributed by atoms with Crippen LogP contribution >= 0.6 is 65.6 Å². The van der Waals surface area contributed by atoms with Gasteiger partial charge >= 0.3 is 24.1 Å². The van der Waals surface area contributed by atoms with Crippen molar-refractivity contribution in [2.24, 2.45) is 0 Å². The van der Waals surface area contributed by atoms with E-state index in [0.29, 0.717) is 35.9 Å². The fourth-order valence-electron chi connectivity index (χ4n) is 5.84. The fraction of sp³-hybridized carbons (Fsp3) is 0.396. The maximum atomic E-state index is 12.7. The molecule has 3 atom stereocenters. The number of anilines is 2. The van der Waals surface area contributed by atoms with Gasteiger partial charge in [0.25, 0.3) is 5.91 Å². The van der Waals surface area contributed by atoms with Crippen LogP contribution in [0.1, 0.15) is 54.7 Å². The Kier molecular flexibility index (Phi) is 30.7. The van der Waals surface area contributed by atoms with Gasteiger partial charge in [0.15, 0.2) is 10.9 Å². The number of hydrogen-bond acceptors (Lipinski definition) is 12. The number of carboxylic acids is 2. The summed E-state index contributed by atoms with van der Waals surface area (Å²) in [5.74, 6) is -3.36. The molecule has 4 aromatic carbocycles. The molecule has 1 heterocycles. The minimum Gasteiger partial charge on any atom is -0.778 e. The van der Waals surface area contributed by atoms with Gasteiger partial charge in [0.1, 0.15) is 44.1 Å². The fourth-order valence-corrected chi connectivity index (χ4v) is 7.00. The van der Waals surface area contributed by atoms with Crippen molar-refractivity contribution >= 4 is 118 Å². The second kappa shape index (κ2) is 33.6. The minimum absolute atomic E-state index is 0.0246. The number of para-hydroxylation sites is 3. The van der Waals surface area contributed by atoms with Crippen LogP contribution in [0, 0.1) is 6.92 Å². The lowest BCUT2D eigenvalue weighted by Crippen LogP contribution is -2.47. The number of halogens is 8. The van der Waals surface area contributed by atoms with Crippen LogP contribution in [-0.2, 0) is 56.7 Å². The van der Waals surface area contributed by atoms with Gasteiger partial charge in [-0.25, -0.2) is 9.59 Å². The number of aliphatic carboxylic acids is 2. The monoisotopic (exact) mass is 1200 g/mol. The highest BCUT2D eigenvalue weighted by Crippen LogP contribution is 2.38. The largest absolute Gasteiger partial charge is 0.778 e. The van der Waals surface area contributed by atoms with Gasteiger partial charge in [-0.1, -0.05) is 83.7 Å². The first-order valence-electron chi connectivity index (χ1n) is 22.0. The molecule has 0 saturated heterocycles. The summed E-state index contributed by atoms with van der Waals surface area (Å²) in [7, 11) is -3.71. The van der Waals surface area contributed by atoms with E-state index in [9.17, 15) is 46.6 Å². The zero-order chi connectivity index (χ0) is 57.4. The molecule has 4 N–H and O–H groups in total. The number of amides is 2. The van der Waals surface area contributed by atoms with Crippen molar-refractivity contribution < 1.29 is 80.7 Å². The van der Waals surface area contributed by atoms with Gasteiger partial charge in [0.05, 0.1) is 70.2 Å². The Balaban J connectivity index is 0.000000513. The smallest absolute Gasteiger partial charge is 0.416 e. The summed E-state index contributed by atoms with van der Waals surface area (Å²) in [6.45, 7) is 9.81. The van der Waals surface area contributed by atoms with E-state index in [2.05, 4.69) is 25.7 Å². The molecular weight excluding hydrogens is 1140 g/mol. The normalized spacial score (nSPS) is 13.7. The van der Waals surface area contributed by atoms with Crippen LogP contribution in [0.4, 0.5) is 24.5 Å². The summed E-state index contributed by atoms with van der Waals surface area (Å²) in [4.78, 5) is 76.6. The van der Waals surface area contributed by atoms with E-state index in [1.807, 2.05) is 68.6 Å². The standard InChI is InChI=1S/C17H11Cl2F3O5.C14H20ClNO2.C11H11Cl2NO2.C3H8NO5P.C3H9S/c1-8(15(23)24)26-16(25)11-7-10(3-4-12(11)18)27-14-5-2-9(6-13(14)19)17(20,21)22;1-4-12-8-6-7-11(3)14(12)16(10-18-5-2)13(17)9-15;1-7-6-16-9-5-3-2-4-8(9)14(7)11(15)10(12)13;5-3(6)1-4-2-10(7,8)9;1-4(2)3/h2-8H,1H3,(H,23,24);6-8H,4-5,9-10H2,1-3H3;2-5,7,10H,6H2,1H3;4H,1-2H2,(H,5,6)(H2,7,8,9);1-3H3/q;;;;+1/p-1/t8-;;;;/m0..../s1. The predicted octanol–water partition coefficient (Wildman–Crippen LogP) is 9.82. The molecule has 1 aliphatic rings. The molecule has 17 nitrogen and oxygen atoms in total. The number of carboxylic acid groups (broad SMARTS) is 2. The Bertz CT molecular complexity index is 2560. The number of carbonyl (C=O) groups is 5. The second-order valence-corrected chi connectivity index (χ2v) is 22.0. The third-order valence-corrected chi connectivity index (χ3v) is 11.0. The Morgan fingerprint density at radius 3 is 2.12 bits per heavy atom. The van der Waals surface area contributed by atoms with Gasteiger partial charge in [-0.15, -0.1) is 11.6 Å². The molecule has 5 rings (SSSR count). The summed E-state index contributed by atoms with van der Waals surface area (Å²) >= 11 is 28.6. The molecule has 0 bridgehead atoms. The molecule has 0 saturated carbocycles. The van der Waals surface area contributed by atoms with Gasteiger partial charge in [-0.05, 0) is 105 Å². The molecule has 2 unspecified atom stereocenters. The molecule has 416 valence electrons. The molecule has 0 spiro atoms. The Morgan fingerprint density at radius 2 is 1.60 bits per heavy atom. The number of benzene rings is 4. The summed E-state index contributed by atoms with van der Waals surface area (Å²) in [6.07, 6.45) is 0.789. The first-order valence-corrected chi connectivity index (χ1v) is 28.4. The molecule has 0 fully saturated rings. The average molecular weight is 1200 g/mol. The first-order chi connectivity index (χ1) is 34.9. The number of carbonyl (C=O) groups excluding carboxylic acids is 3. The molecule has 0 radical (unpaired) electrons. The SMILES string of the molecule is CC1COc2ccccc2N1C(=O)C(Cl)Cl.CCOCN(C(=O)CCl)c1c(C)cccc1CC.C[C@H](OC(=O)c1cc(Oc2ccc(C(F)(F)F)cc2Cl)ccc1Cl)C(=O)O.C[S+](C)C.O=C(O)CNCP(=O)([O-])O. The van der Waals surface area contributed by atoms with Crippen LogP contribution in [0.15, 0.2) is 78.9 Å². The van der Waals surface area contributed by atoms with Crippen LogP contribution in [0.25, 0.3) is 0 Å². The first kappa shape index (κ1) is 68.5. The lowest BCUT2D eigenvalue weighted by molar-refractivity contribution is -0.193. The number of ether oxygens (including phenoxy) is 4. The van der Waals surface area contributed by atoms with E-state index in [1.54, 1.807) is 9.80 Å². The quantitative estimate of drug-likeness (QED) is 0.0268. The zero-order valence-electron chi connectivity index (χ0n) is 41.8. The number of fused-ring (bicyclic) bond motifs is 1. The molecule has 1 aliphatic heterocycles. The van der Waals surface area contributed by atoms with Crippen molar-refractivity contribution in [3.8, 4) is 17.2 Å². The summed E-state index contributed by atoms with van der Waals surface area (Å²) in [5.41, 5.74) is 2.73. The Morgan fingerprint density at radius 1 is 0.973 bits per heavy atom.